The molecule has 3 heterocycles. The minimum atomic E-state index is -0.493. The largest absolute Gasteiger partial charge is 0.436 e. The normalized spacial score (nSPS) is 14.8. The Morgan fingerprint density at radius 3 is 2.62 bits per heavy atom. The number of nitrogens with zero attached hydrogens (tertiary/aromatic N) is 2. The monoisotopic (exact) mass is 457 g/mol. The van der Waals surface area contributed by atoms with Crippen molar-refractivity contribution in [3.8, 4) is 11.5 Å². The number of fused-ring (bicyclic) bond motifs is 3. The number of carbonyl (C=O) groups excluding carboxylic acids is 1. The number of anilines is 1. The van der Waals surface area contributed by atoms with Gasteiger partial charge in [0.05, 0.1) is 5.54 Å². The van der Waals surface area contributed by atoms with Crippen molar-refractivity contribution in [1.82, 2.24) is 10.3 Å². The van der Waals surface area contributed by atoms with Gasteiger partial charge >= 0.3 is 5.63 Å². The van der Waals surface area contributed by atoms with E-state index in [9.17, 15) is 9.59 Å². The van der Waals surface area contributed by atoms with Crippen molar-refractivity contribution in [3.63, 3.8) is 0 Å². The highest BCUT2D eigenvalue weighted by atomic mass is 16.4. The lowest BCUT2D eigenvalue weighted by atomic mass is 9.87. The predicted molar refractivity (Wildman–Crippen MR) is 134 cm³/mol. The van der Waals surface area contributed by atoms with Gasteiger partial charge in [-0.25, -0.2) is 9.78 Å². The van der Waals surface area contributed by atoms with Crippen LogP contribution >= 0.6 is 0 Å². The van der Waals surface area contributed by atoms with Crippen LogP contribution in [-0.2, 0) is 4.79 Å². The molecule has 2 aromatic heterocycles. The number of benzene rings is 2. The predicted octanol–water partition coefficient (Wildman–Crippen LogP) is 5.13. The number of carbonyl (C=O) groups is 1. The maximum absolute atomic E-state index is 12.9. The molecule has 1 amide bonds. The molecule has 0 radical (unpaired) electrons. The van der Waals surface area contributed by atoms with Gasteiger partial charge in [0.1, 0.15) is 16.7 Å². The third-order valence-corrected chi connectivity index (χ3v) is 6.42. The SMILES string of the molecule is CNC(=O)CCCN1c2cc3oc(=O)c(-c4nc5ccccc5o4)cc3cc2C(C)=CC1(C)C. The topological polar surface area (TPSA) is 88.6 Å². The molecule has 0 fully saturated rings. The summed E-state index contributed by atoms with van der Waals surface area (Å²) in [5.74, 6) is 0.275. The van der Waals surface area contributed by atoms with Crippen molar-refractivity contribution in [3.05, 3.63) is 64.5 Å². The molecule has 0 spiro atoms. The van der Waals surface area contributed by atoms with Gasteiger partial charge in [-0.3, -0.25) is 4.79 Å². The van der Waals surface area contributed by atoms with Gasteiger partial charge in [-0.15, -0.1) is 0 Å². The highest BCUT2D eigenvalue weighted by Gasteiger charge is 2.32. The highest BCUT2D eigenvalue weighted by molar-refractivity contribution is 5.93. The van der Waals surface area contributed by atoms with Crippen molar-refractivity contribution in [2.75, 3.05) is 18.5 Å². The van der Waals surface area contributed by atoms with Gasteiger partial charge in [0.15, 0.2) is 5.58 Å². The van der Waals surface area contributed by atoms with Crippen LogP contribution in [0.4, 0.5) is 5.69 Å². The van der Waals surface area contributed by atoms with E-state index in [-0.39, 0.29) is 17.3 Å². The molecular weight excluding hydrogens is 430 g/mol. The van der Waals surface area contributed by atoms with E-state index in [1.807, 2.05) is 36.4 Å². The van der Waals surface area contributed by atoms with E-state index in [0.717, 1.165) is 22.2 Å². The fourth-order valence-corrected chi connectivity index (χ4v) is 4.76. The van der Waals surface area contributed by atoms with Gasteiger partial charge in [-0.1, -0.05) is 18.2 Å². The summed E-state index contributed by atoms with van der Waals surface area (Å²) in [5.41, 5.74) is 4.59. The van der Waals surface area contributed by atoms with Crippen molar-refractivity contribution in [2.24, 2.45) is 0 Å². The van der Waals surface area contributed by atoms with Crippen molar-refractivity contribution < 1.29 is 13.6 Å². The van der Waals surface area contributed by atoms with Crippen LogP contribution in [0.1, 0.15) is 39.2 Å². The number of amides is 1. The quantitative estimate of drug-likeness (QED) is 0.418. The Morgan fingerprint density at radius 1 is 1.09 bits per heavy atom. The van der Waals surface area contributed by atoms with Gasteiger partial charge in [0.25, 0.3) is 0 Å². The Labute approximate surface area is 197 Å². The molecule has 0 saturated heterocycles. The second kappa shape index (κ2) is 8.17. The van der Waals surface area contributed by atoms with Crippen molar-refractivity contribution >= 4 is 39.2 Å². The third-order valence-electron chi connectivity index (χ3n) is 6.42. The summed E-state index contributed by atoms with van der Waals surface area (Å²) in [6.07, 6.45) is 3.41. The Balaban J connectivity index is 1.59. The van der Waals surface area contributed by atoms with Crippen LogP contribution in [0, 0.1) is 0 Å². The van der Waals surface area contributed by atoms with Gasteiger partial charge in [0.2, 0.25) is 11.8 Å². The van der Waals surface area contributed by atoms with E-state index < -0.39 is 5.63 Å². The lowest BCUT2D eigenvalue weighted by Gasteiger charge is -2.43. The van der Waals surface area contributed by atoms with E-state index in [0.29, 0.717) is 41.6 Å². The summed E-state index contributed by atoms with van der Waals surface area (Å²) < 4.78 is 11.6. The lowest BCUT2D eigenvalue weighted by molar-refractivity contribution is -0.120. The van der Waals surface area contributed by atoms with Crippen LogP contribution in [0.2, 0.25) is 0 Å². The zero-order valence-corrected chi connectivity index (χ0v) is 19.8. The first-order valence-corrected chi connectivity index (χ1v) is 11.4. The first kappa shape index (κ1) is 21.9. The Hall–Kier alpha value is -3.87. The molecule has 1 N–H and O–H groups in total. The maximum atomic E-state index is 12.9. The molecule has 7 heteroatoms. The molecular formula is C27H27N3O4. The Bertz CT molecular complexity index is 1480. The van der Waals surface area contributed by atoms with Gasteiger partial charge in [-0.05, 0) is 57.0 Å². The smallest absolute Gasteiger partial charge is 0.349 e. The van der Waals surface area contributed by atoms with Crippen LogP contribution in [0.15, 0.2) is 62.2 Å². The average molecular weight is 458 g/mol. The molecule has 1 aliphatic rings. The van der Waals surface area contributed by atoms with Crippen molar-refractivity contribution in [1.29, 1.82) is 0 Å². The molecule has 174 valence electrons. The minimum absolute atomic E-state index is 0.0259. The molecule has 0 atom stereocenters. The number of aromatic nitrogens is 1. The van der Waals surface area contributed by atoms with E-state index in [2.05, 4.69) is 42.0 Å². The number of hydrogen-bond acceptors (Lipinski definition) is 6. The summed E-state index contributed by atoms with van der Waals surface area (Å²) in [4.78, 5) is 31.4. The first-order chi connectivity index (χ1) is 16.3. The molecule has 0 unspecified atom stereocenters. The molecule has 0 aliphatic carbocycles. The van der Waals surface area contributed by atoms with Crippen LogP contribution in [-0.4, -0.2) is 30.0 Å². The van der Waals surface area contributed by atoms with Crippen LogP contribution in [0.5, 0.6) is 0 Å². The summed E-state index contributed by atoms with van der Waals surface area (Å²) >= 11 is 0. The Morgan fingerprint density at radius 2 is 1.85 bits per heavy atom. The highest BCUT2D eigenvalue weighted by Crippen LogP contribution is 2.41. The molecule has 4 aromatic rings. The zero-order chi connectivity index (χ0) is 24.0. The van der Waals surface area contributed by atoms with Gasteiger partial charge in [-0.2, -0.15) is 0 Å². The fourth-order valence-electron chi connectivity index (χ4n) is 4.76. The number of oxazole rings is 1. The summed E-state index contributed by atoms with van der Waals surface area (Å²) in [7, 11) is 1.65. The summed E-state index contributed by atoms with van der Waals surface area (Å²) in [6.45, 7) is 7.09. The molecule has 5 rings (SSSR count). The second-order valence-corrected chi connectivity index (χ2v) is 9.25. The molecule has 1 aliphatic heterocycles. The van der Waals surface area contributed by atoms with Crippen LogP contribution < -0.4 is 15.8 Å². The average Bonchev–Trinajstić information content (AvgIpc) is 3.23. The minimum Gasteiger partial charge on any atom is -0.436 e. The van der Waals surface area contributed by atoms with E-state index in [1.54, 1.807) is 13.1 Å². The molecule has 2 aromatic carbocycles. The number of allylic oxidation sites excluding steroid dienone is 1. The lowest BCUT2D eigenvalue weighted by Crippen LogP contribution is -2.45. The number of nitrogens with one attached hydrogen (secondary N) is 1. The standard InChI is InChI=1S/C27H27N3O4/c1-16-15-27(2,3)30(11-7-10-24(31)28-4)21-14-23-17(12-18(16)21)13-19(26(32)34-23)25-29-20-8-5-6-9-22(20)33-25/h5-6,8-9,12-15H,7,10-11H2,1-4H3,(H,28,31). The van der Waals surface area contributed by atoms with Crippen molar-refractivity contribution in [2.45, 2.75) is 39.2 Å². The maximum Gasteiger partial charge on any atom is 0.349 e. The molecule has 7 nitrogen and oxygen atoms in total. The van der Waals surface area contributed by atoms with Crippen LogP contribution in [0.3, 0.4) is 0 Å². The Kier molecular flexibility index (Phi) is 5.27. The van der Waals surface area contributed by atoms with E-state index >= 15 is 0 Å². The molecule has 0 bridgehead atoms. The van der Waals surface area contributed by atoms with Gasteiger partial charge < -0.3 is 19.1 Å². The third kappa shape index (κ3) is 3.77. The summed E-state index contributed by atoms with van der Waals surface area (Å²) in [5, 5.41) is 3.47. The number of hydrogen-bond donors (Lipinski definition) is 1. The number of para-hydroxylation sites is 2. The molecule has 34 heavy (non-hydrogen) atoms. The fraction of sp³-hybridized carbons (Fsp3) is 0.296. The van der Waals surface area contributed by atoms with E-state index in [4.69, 9.17) is 8.83 Å². The second-order valence-electron chi connectivity index (χ2n) is 9.25. The zero-order valence-electron chi connectivity index (χ0n) is 19.8. The number of rotatable bonds is 5. The molecule has 0 saturated carbocycles. The van der Waals surface area contributed by atoms with Crippen LogP contribution in [0.25, 0.3) is 39.1 Å². The first-order valence-electron chi connectivity index (χ1n) is 11.4. The van der Waals surface area contributed by atoms with Gasteiger partial charge in [0, 0.05) is 42.7 Å². The summed E-state index contributed by atoms with van der Waals surface area (Å²) in [6, 6.07) is 13.2. The van der Waals surface area contributed by atoms with E-state index in [1.165, 1.54) is 0 Å².